The molecule has 21 heavy (non-hydrogen) atoms. The fourth-order valence-corrected chi connectivity index (χ4v) is 2.98. The van der Waals surface area contributed by atoms with Crippen LogP contribution >= 0.6 is 0 Å². The lowest BCUT2D eigenvalue weighted by Gasteiger charge is -2.28. The molecule has 2 N–H and O–H groups in total. The van der Waals surface area contributed by atoms with E-state index >= 15 is 0 Å². The summed E-state index contributed by atoms with van der Waals surface area (Å²) in [4.78, 5) is 6.60. The van der Waals surface area contributed by atoms with Gasteiger partial charge in [-0.1, -0.05) is 30.3 Å². The molecule has 0 radical (unpaired) electrons. The summed E-state index contributed by atoms with van der Waals surface area (Å²) in [6.45, 7) is 7.19. The molecule has 0 spiro atoms. The van der Waals surface area contributed by atoms with Crippen LogP contribution in [0, 0.1) is 20.8 Å². The van der Waals surface area contributed by atoms with Crippen LogP contribution in [0.2, 0.25) is 0 Å². The van der Waals surface area contributed by atoms with Gasteiger partial charge in [0.1, 0.15) is 0 Å². The monoisotopic (exact) mass is 279 g/mol. The summed E-state index contributed by atoms with van der Waals surface area (Å²) in [6.07, 6.45) is 0. The van der Waals surface area contributed by atoms with E-state index in [1.165, 1.54) is 22.3 Å². The molecular formula is C18H21N3. The molecule has 2 aromatic carbocycles. The minimum Gasteiger partial charge on any atom is -0.369 e. The zero-order chi connectivity index (χ0) is 15.0. The maximum atomic E-state index is 6.13. The number of nitrogens with two attached hydrogens (primary N) is 1. The minimum absolute atomic E-state index is 0.187. The predicted molar refractivity (Wildman–Crippen MR) is 88.8 cm³/mol. The van der Waals surface area contributed by atoms with Gasteiger partial charge in [-0.05, 0) is 55.2 Å². The summed E-state index contributed by atoms with van der Waals surface area (Å²) >= 11 is 0. The molecule has 2 aromatic rings. The summed E-state index contributed by atoms with van der Waals surface area (Å²) in [7, 11) is 0. The maximum Gasteiger partial charge on any atom is 0.196 e. The molecule has 1 heterocycles. The first-order chi connectivity index (χ1) is 10.1. The Hall–Kier alpha value is -2.29. The number of aliphatic imine (C=N–C) groups is 1. The normalized spacial score (nSPS) is 18.0. The van der Waals surface area contributed by atoms with E-state index in [0.717, 1.165) is 5.69 Å². The summed E-state index contributed by atoms with van der Waals surface area (Å²) in [5, 5.41) is 0. The lowest BCUT2D eigenvalue weighted by Crippen LogP contribution is -2.36. The van der Waals surface area contributed by atoms with Crippen molar-refractivity contribution in [1.29, 1.82) is 0 Å². The molecule has 0 saturated heterocycles. The van der Waals surface area contributed by atoms with Crippen molar-refractivity contribution in [3.63, 3.8) is 0 Å². The predicted octanol–water partition coefficient (Wildman–Crippen LogP) is 3.49. The van der Waals surface area contributed by atoms with E-state index in [4.69, 9.17) is 5.73 Å². The number of rotatable bonds is 2. The molecule has 0 saturated carbocycles. The summed E-state index contributed by atoms with van der Waals surface area (Å²) in [5.41, 5.74) is 12.5. The lowest BCUT2D eigenvalue weighted by molar-refractivity contribution is 0.761. The molecule has 1 aliphatic rings. The topological polar surface area (TPSA) is 41.6 Å². The van der Waals surface area contributed by atoms with Crippen LogP contribution in [-0.2, 0) is 0 Å². The van der Waals surface area contributed by atoms with Crippen molar-refractivity contribution >= 4 is 11.6 Å². The average molecular weight is 279 g/mol. The molecule has 1 unspecified atom stereocenters. The Morgan fingerprint density at radius 3 is 2.38 bits per heavy atom. The third-order valence-electron chi connectivity index (χ3n) is 4.26. The molecular weight excluding hydrogens is 258 g/mol. The van der Waals surface area contributed by atoms with Crippen LogP contribution in [0.4, 0.5) is 5.69 Å². The molecule has 3 nitrogen and oxygen atoms in total. The fraction of sp³-hybridized carbons (Fsp3) is 0.278. The van der Waals surface area contributed by atoms with Crippen LogP contribution in [0.3, 0.4) is 0 Å². The van der Waals surface area contributed by atoms with Crippen molar-refractivity contribution in [3.05, 3.63) is 64.7 Å². The Labute approximate surface area is 126 Å². The smallest absolute Gasteiger partial charge is 0.196 e. The first-order valence-electron chi connectivity index (χ1n) is 7.30. The van der Waals surface area contributed by atoms with E-state index in [2.05, 4.69) is 54.9 Å². The van der Waals surface area contributed by atoms with E-state index < -0.39 is 0 Å². The fourth-order valence-electron chi connectivity index (χ4n) is 2.98. The molecule has 1 aliphatic heterocycles. The third kappa shape index (κ3) is 2.40. The molecule has 0 aliphatic carbocycles. The van der Waals surface area contributed by atoms with E-state index in [9.17, 15) is 0 Å². The number of hydrogen-bond acceptors (Lipinski definition) is 3. The summed E-state index contributed by atoms with van der Waals surface area (Å²) < 4.78 is 0. The van der Waals surface area contributed by atoms with Crippen molar-refractivity contribution in [3.8, 4) is 0 Å². The third-order valence-corrected chi connectivity index (χ3v) is 4.26. The van der Waals surface area contributed by atoms with E-state index in [1.807, 2.05) is 18.2 Å². The van der Waals surface area contributed by atoms with Gasteiger partial charge in [-0.25, -0.2) is 0 Å². The maximum absolute atomic E-state index is 6.13. The molecule has 0 amide bonds. The van der Waals surface area contributed by atoms with Gasteiger partial charge in [-0.15, -0.1) is 0 Å². The average Bonchev–Trinajstić information content (AvgIpc) is 2.85. The van der Waals surface area contributed by atoms with Crippen LogP contribution in [0.25, 0.3) is 0 Å². The van der Waals surface area contributed by atoms with Crippen molar-refractivity contribution < 1.29 is 0 Å². The summed E-state index contributed by atoms with van der Waals surface area (Å²) in [6, 6.07) is 15.0. The highest BCUT2D eigenvalue weighted by Gasteiger charge is 2.29. The second kappa shape index (κ2) is 5.24. The number of guanidine groups is 1. The van der Waals surface area contributed by atoms with Gasteiger partial charge >= 0.3 is 0 Å². The number of aryl methyl sites for hydroxylation is 3. The first kappa shape index (κ1) is 13.7. The largest absolute Gasteiger partial charge is 0.369 e. The Morgan fingerprint density at radius 2 is 1.67 bits per heavy atom. The highest BCUT2D eigenvalue weighted by atomic mass is 15.3. The standard InChI is InChI=1S/C18H21N3/c1-12-9-14(3)16(10-13(12)2)17-11-20-18(19)21(17)15-7-5-4-6-8-15/h4-10,17H,11H2,1-3H3,(H2,19,20). The van der Waals surface area contributed by atoms with Crippen molar-refractivity contribution in [1.82, 2.24) is 0 Å². The number of para-hydroxylation sites is 1. The van der Waals surface area contributed by atoms with E-state index in [-0.39, 0.29) is 6.04 Å². The molecule has 0 fully saturated rings. The zero-order valence-corrected chi connectivity index (χ0v) is 12.8. The van der Waals surface area contributed by atoms with Crippen LogP contribution in [0.15, 0.2) is 47.5 Å². The van der Waals surface area contributed by atoms with Gasteiger partial charge in [0.25, 0.3) is 0 Å². The van der Waals surface area contributed by atoms with Gasteiger partial charge in [0.05, 0.1) is 12.6 Å². The highest BCUT2D eigenvalue weighted by Crippen LogP contribution is 2.33. The number of anilines is 1. The Morgan fingerprint density at radius 1 is 1.00 bits per heavy atom. The number of nitrogens with zero attached hydrogens (tertiary/aromatic N) is 2. The molecule has 108 valence electrons. The van der Waals surface area contributed by atoms with Gasteiger partial charge in [0.15, 0.2) is 5.96 Å². The quantitative estimate of drug-likeness (QED) is 0.914. The SMILES string of the molecule is Cc1cc(C)c(C2CN=C(N)N2c2ccccc2)cc1C. The Balaban J connectivity index is 2.05. The zero-order valence-electron chi connectivity index (χ0n) is 12.8. The molecule has 0 aromatic heterocycles. The van der Waals surface area contributed by atoms with Crippen LogP contribution in [0.1, 0.15) is 28.3 Å². The molecule has 1 atom stereocenters. The van der Waals surface area contributed by atoms with E-state index in [0.29, 0.717) is 12.5 Å². The van der Waals surface area contributed by atoms with Crippen LogP contribution in [-0.4, -0.2) is 12.5 Å². The van der Waals surface area contributed by atoms with Crippen molar-refractivity contribution in [2.24, 2.45) is 10.7 Å². The summed E-state index contributed by atoms with van der Waals surface area (Å²) in [5.74, 6) is 0.601. The molecule has 0 bridgehead atoms. The van der Waals surface area contributed by atoms with Gasteiger partial charge in [-0.3, -0.25) is 4.99 Å². The molecule has 3 rings (SSSR count). The first-order valence-corrected chi connectivity index (χ1v) is 7.30. The Bertz CT molecular complexity index is 689. The van der Waals surface area contributed by atoms with Crippen molar-refractivity contribution in [2.45, 2.75) is 26.8 Å². The Kier molecular flexibility index (Phi) is 3.42. The van der Waals surface area contributed by atoms with E-state index in [1.54, 1.807) is 0 Å². The number of hydrogen-bond donors (Lipinski definition) is 1. The van der Waals surface area contributed by atoms with Crippen molar-refractivity contribution in [2.75, 3.05) is 11.4 Å². The van der Waals surface area contributed by atoms with Crippen LogP contribution < -0.4 is 10.6 Å². The molecule has 3 heteroatoms. The van der Waals surface area contributed by atoms with Gasteiger partial charge in [0.2, 0.25) is 0 Å². The van der Waals surface area contributed by atoms with Crippen LogP contribution in [0.5, 0.6) is 0 Å². The number of benzene rings is 2. The highest BCUT2D eigenvalue weighted by molar-refractivity contribution is 5.97. The minimum atomic E-state index is 0.187. The second-order valence-electron chi connectivity index (χ2n) is 5.71. The lowest BCUT2D eigenvalue weighted by atomic mass is 9.95. The van der Waals surface area contributed by atoms with Gasteiger partial charge < -0.3 is 10.6 Å². The second-order valence-corrected chi connectivity index (χ2v) is 5.71. The van der Waals surface area contributed by atoms with Gasteiger partial charge in [0, 0.05) is 5.69 Å². The van der Waals surface area contributed by atoms with Gasteiger partial charge in [-0.2, -0.15) is 0 Å².